The van der Waals surface area contributed by atoms with Gasteiger partial charge >= 0.3 is 0 Å². The maximum absolute atomic E-state index is 2.72. The van der Waals surface area contributed by atoms with Gasteiger partial charge < -0.3 is 4.90 Å². The first-order chi connectivity index (χ1) is 30.6. The Morgan fingerprint density at radius 1 is 0.339 bits per heavy atom. The van der Waals surface area contributed by atoms with Crippen LogP contribution in [0.1, 0.15) is 92.9 Å². The summed E-state index contributed by atoms with van der Waals surface area (Å²) in [5.41, 5.74) is 19.2. The number of benzene rings is 7. The Kier molecular flexibility index (Phi) is 7.15. The lowest BCUT2D eigenvalue weighted by Gasteiger charge is -2.61. The lowest BCUT2D eigenvalue weighted by molar-refractivity contribution is -0.0399. The smallest absolute Gasteiger partial charge is 0.0465 e. The van der Waals surface area contributed by atoms with Crippen LogP contribution in [0.4, 0.5) is 17.1 Å². The molecule has 1 heteroatoms. The van der Waals surface area contributed by atoms with Crippen molar-refractivity contribution in [2.24, 2.45) is 47.3 Å². The van der Waals surface area contributed by atoms with Crippen LogP contribution < -0.4 is 4.90 Å². The van der Waals surface area contributed by atoms with E-state index in [9.17, 15) is 0 Å². The zero-order valence-corrected chi connectivity index (χ0v) is 35.8. The number of hydrogen-bond acceptors (Lipinski definition) is 1. The molecule has 2 spiro atoms. The molecule has 304 valence electrons. The quantitative estimate of drug-likeness (QED) is 0.171. The maximum Gasteiger partial charge on any atom is 0.0465 e. The average molecular weight is 802 g/mol. The third-order valence-electron chi connectivity index (χ3n) is 19.1. The fraction of sp³-hybridized carbons (Fsp3) is 0.344. The Bertz CT molecular complexity index is 2940. The normalized spacial score (nSPS) is 32.3. The summed E-state index contributed by atoms with van der Waals surface area (Å²) in [5.74, 6) is 6.61. The molecule has 8 fully saturated rings. The SMILES string of the molecule is c1ccc2c(c1)-c1ccc(N(c3ccc(-c4cccc5ccccc45)cc3)c3ccc4c(c3)C3(c5ccccc5-4)C4CC5CC(C4)CC3C5)cc1C21C2CCC3CC(C2)CC1C3. The van der Waals surface area contributed by atoms with Gasteiger partial charge in [0.1, 0.15) is 0 Å². The van der Waals surface area contributed by atoms with Crippen molar-refractivity contribution in [1.82, 2.24) is 0 Å². The molecule has 0 heterocycles. The molecule has 0 aromatic heterocycles. The van der Waals surface area contributed by atoms with Crippen LogP contribution in [-0.2, 0) is 10.8 Å². The third kappa shape index (κ3) is 4.51. The Morgan fingerprint density at radius 2 is 0.806 bits per heavy atom. The summed E-state index contributed by atoms with van der Waals surface area (Å²) in [6.07, 6.45) is 15.6. The Hall–Kier alpha value is -5.40. The van der Waals surface area contributed by atoms with Crippen molar-refractivity contribution in [3.05, 3.63) is 174 Å². The van der Waals surface area contributed by atoms with Gasteiger partial charge in [0.25, 0.3) is 0 Å². The first kappa shape index (κ1) is 35.1. The molecular formula is C61H55N. The van der Waals surface area contributed by atoms with E-state index in [2.05, 4.69) is 157 Å². The van der Waals surface area contributed by atoms with Gasteiger partial charge in [0.05, 0.1) is 0 Å². The van der Waals surface area contributed by atoms with E-state index in [-0.39, 0.29) is 10.8 Å². The average Bonchev–Trinajstić information content (AvgIpc) is 3.66. The van der Waals surface area contributed by atoms with Gasteiger partial charge in [0, 0.05) is 27.9 Å². The Labute approximate surface area is 367 Å². The van der Waals surface area contributed by atoms with Crippen LogP contribution in [0.25, 0.3) is 44.2 Å². The number of nitrogens with zero attached hydrogens (tertiary/aromatic N) is 1. The van der Waals surface area contributed by atoms with Crippen LogP contribution in [0.3, 0.4) is 0 Å². The summed E-state index contributed by atoms with van der Waals surface area (Å²) in [4.78, 5) is 2.67. The van der Waals surface area contributed by atoms with Gasteiger partial charge in [-0.15, -0.1) is 0 Å². The van der Waals surface area contributed by atoms with E-state index in [1.54, 1.807) is 22.3 Å². The van der Waals surface area contributed by atoms with Gasteiger partial charge in [-0.3, -0.25) is 0 Å². The molecule has 8 bridgehead atoms. The fourth-order valence-electron chi connectivity index (χ4n) is 17.4. The van der Waals surface area contributed by atoms with Crippen LogP contribution in [0.15, 0.2) is 152 Å². The minimum Gasteiger partial charge on any atom is -0.310 e. The second kappa shape index (κ2) is 12.6. The summed E-state index contributed by atoms with van der Waals surface area (Å²) < 4.78 is 0. The summed E-state index contributed by atoms with van der Waals surface area (Å²) in [6, 6.07) is 59.9. The van der Waals surface area contributed by atoms with Crippen molar-refractivity contribution in [3.8, 4) is 33.4 Å². The number of fused-ring (bicyclic) bond motifs is 8. The van der Waals surface area contributed by atoms with Crippen LogP contribution >= 0.6 is 0 Å². The van der Waals surface area contributed by atoms with Crippen molar-refractivity contribution >= 4 is 27.8 Å². The zero-order chi connectivity index (χ0) is 40.3. The molecule has 0 aliphatic heterocycles. The van der Waals surface area contributed by atoms with Gasteiger partial charge in [-0.2, -0.15) is 0 Å². The highest BCUT2D eigenvalue weighted by atomic mass is 15.1. The number of hydrogen-bond donors (Lipinski definition) is 0. The van der Waals surface area contributed by atoms with E-state index in [0.717, 1.165) is 47.3 Å². The van der Waals surface area contributed by atoms with Crippen molar-refractivity contribution in [2.75, 3.05) is 4.90 Å². The number of rotatable bonds is 4. The second-order valence-electron chi connectivity index (χ2n) is 21.6. The molecular weight excluding hydrogens is 747 g/mol. The van der Waals surface area contributed by atoms with Gasteiger partial charge in [0.15, 0.2) is 0 Å². The lowest BCUT2D eigenvalue weighted by Crippen LogP contribution is -2.55. The minimum atomic E-state index is 0.113. The second-order valence-corrected chi connectivity index (χ2v) is 21.6. The number of anilines is 3. The molecule has 0 N–H and O–H groups in total. The van der Waals surface area contributed by atoms with E-state index >= 15 is 0 Å². The lowest BCUT2D eigenvalue weighted by atomic mass is 9.43. The summed E-state index contributed by atoms with van der Waals surface area (Å²) in [6.45, 7) is 0. The van der Waals surface area contributed by atoms with Gasteiger partial charge in [0.2, 0.25) is 0 Å². The molecule has 7 aromatic rings. The fourth-order valence-corrected chi connectivity index (χ4v) is 17.4. The molecule has 5 atom stereocenters. The molecule has 8 saturated carbocycles. The first-order valence-corrected chi connectivity index (χ1v) is 24.5. The first-order valence-electron chi connectivity index (χ1n) is 24.5. The molecule has 0 saturated heterocycles. The van der Waals surface area contributed by atoms with Crippen molar-refractivity contribution in [3.63, 3.8) is 0 Å². The zero-order valence-electron chi connectivity index (χ0n) is 35.8. The molecule has 10 aliphatic rings. The molecule has 7 aromatic carbocycles. The summed E-state index contributed by atoms with van der Waals surface area (Å²) in [7, 11) is 0. The van der Waals surface area contributed by atoms with Crippen LogP contribution in [0, 0.1) is 47.3 Å². The van der Waals surface area contributed by atoms with E-state index in [1.807, 2.05) is 0 Å². The third-order valence-corrected chi connectivity index (χ3v) is 19.1. The van der Waals surface area contributed by atoms with Crippen molar-refractivity contribution < 1.29 is 0 Å². The van der Waals surface area contributed by atoms with Crippen molar-refractivity contribution in [1.29, 1.82) is 0 Å². The predicted molar refractivity (Wildman–Crippen MR) is 255 cm³/mol. The van der Waals surface area contributed by atoms with E-state index in [4.69, 9.17) is 0 Å². The van der Waals surface area contributed by atoms with Gasteiger partial charge in [-0.05, 0) is 214 Å². The van der Waals surface area contributed by atoms with Crippen LogP contribution in [0.2, 0.25) is 0 Å². The highest BCUT2D eigenvalue weighted by molar-refractivity contribution is 5.97. The molecule has 17 rings (SSSR count). The Balaban J connectivity index is 0.937. The standard InChI is InChI=1S/C61H55N/c1-2-10-50-41(8-1)9-7-13-51(50)42-17-20-47(21-18-42)62(49-23-25-55-53-12-4-6-15-57(53)61(59(55)36-49)45-31-39-27-40(33-45)34-46(61)32-39)48-22-24-54-52-11-3-5-14-56(52)60(58(54)35-48)43-19-16-37-26-38(29-43)30-44(60)28-37/h1-15,17-18,20-25,35-40,43-46H,16,19,26-34H2. The van der Waals surface area contributed by atoms with E-state index in [1.165, 1.54) is 132 Å². The van der Waals surface area contributed by atoms with Crippen LogP contribution in [0.5, 0.6) is 0 Å². The molecule has 1 nitrogen and oxygen atoms in total. The monoisotopic (exact) mass is 801 g/mol. The summed E-state index contributed by atoms with van der Waals surface area (Å²) in [5, 5.41) is 2.61. The highest BCUT2D eigenvalue weighted by Gasteiger charge is 2.62. The minimum absolute atomic E-state index is 0.113. The largest absolute Gasteiger partial charge is 0.310 e. The van der Waals surface area contributed by atoms with E-state index < -0.39 is 0 Å². The summed E-state index contributed by atoms with van der Waals surface area (Å²) >= 11 is 0. The Morgan fingerprint density at radius 3 is 1.45 bits per heavy atom. The van der Waals surface area contributed by atoms with Gasteiger partial charge in [-0.1, -0.05) is 122 Å². The highest BCUT2D eigenvalue weighted by Crippen LogP contribution is 2.71. The molecule has 0 amide bonds. The maximum atomic E-state index is 2.72. The molecule has 0 radical (unpaired) electrons. The molecule has 62 heavy (non-hydrogen) atoms. The van der Waals surface area contributed by atoms with Crippen LogP contribution in [-0.4, -0.2) is 0 Å². The topological polar surface area (TPSA) is 3.24 Å². The van der Waals surface area contributed by atoms with Gasteiger partial charge in [-0.25, -0.2) is 0 Å². The van der Waals surface area contributed by atoms with E-state index in [0.29, 0.717) is 0 Å². The molecule has 5 unspecified atom stereocenters. The molecule has 10 aliphatic carbocycles. The predicted octanol–water partition coefficient (Wildman–Crippen LogP) is 15.8. The van der Waals surface area contributed by atoms with Crippen molar-refractivity contribution in [2.45, 2.75) is 81.5 Å².